The Morgan fingerprint density at radius 3 is 2.44 bits per heavy atom. The average molecular weight is 427 g/mol. The Kier molecular flexibility index (Phi) is 6.68. The Labute approximate surface area is 187 Å². The predicted molar refractivity (Wildman–Crippen MR) is 128 cm³/mol. The summed E-state index contributed by atoms with van der Waals surface area (Å²) in [6.07, 6.45) is 3.98. The van der Waals surface area contributed by atoms with Gasteiger partial charge >= 0.3 is 5.97 Å². The number of allylic oxidation sites excluding steroid dienone is 1. The monoisotopic (exact) mass is 426 g/mol. The van der Waals surface area contributed by atoms with E-state index in [-0.39, 0.29) is 6.42 Å². The summed E-state index contributed by atoms with van der Waals surface area (Å²) in [4.78, 5) is 16.8. The summed E-state index contributed by atoms with van der Waals surface area (Å²) in [5.74, 6) is -0.825. The van der Waals surface area contributed by atoms with E-state index in [1.54, 1.807) is 0 Å². The molecule has 0 unspecified atom stereocenters. The second kappa shape index (κ2) is 9.98. The molecule has 0 radical (unpaired) electrons. The van der Waals surface area contributed by atoms with Crippen LogP contribution in [0.4, 0.5) is 0 Å². The molecule has 0 fully saturated rings. The highest BCUT2D eigenvalue weighted by Crippen LogP contribution is 2.22. The zero-order valence-corrected chi connectivity index (χ0v) is 18.0. The summed E-state index contributed by atoms with van der Waals surface area (Å²) in [5.41, 5.74) is 9.22. The van der Waals surface area contributed by atoms with E-state index in [2.05, 4.69) is 46.4 Å². The minimum atomic E-state index is -0.825. The van der Waals surface area contributed by atoms with Crippen LogP contribution >= 0.6 is 0 Å². The van der Waals surface area contributed by atoms with Gasteiger partial charge in [-0.2, -0.15) is 0 Å². The molecule has 0 saturated heterocycles. The smallest absolute Gasteiger partial charge is 0.307 e. The van der Waals surface area contributed by atoms with Crippen LogP contribution in [0, 0.1) is 0 Å². The van der Waals surface area contributed by atoms with Gasteiger partial charge in [0.2, 0.25) is 0 Å². The highest BCUT2D eigenvalue weighted by atomic mass is 16.6. The lowest BCUT2D eigenvalue weighted by Gasteiger charge is -2.13. The molecule has 5 heteroatoms. The van der Waals surface area contributed by atoms with Crippen molar-refractivity contribution in [1.29, 1.82) is 0 Å². The molecule has 0 aliphatic heterocycles. The van der Waals surface area contributed by atoms with Crippen LogP contribution in [0.15, 0.2) is 91.1 Å². The molecule has 5 nitrogen and oxygen atoms in total. The van der Waals surface area contributed by atoms with Crippen molar-refractivity contribution < 1.29 is 14.7 Å². The van der Waals surface area contributed by atoms with Gasteiger partial charge in [0.25, 0.3) is 0 Å². The van der Waals surface area contributed by atoms with Crippen molar-refractivity contribution in [1.82, 2.24) is 10.0 Å². The number of aromatic nitrogens is 1. The van der Waals surface area contributed by atoms with E-state index in [0.717, 1.165) is 27.7 Å². The zero-order valence-electron chi connectivity index (χ0n) is 18.0. The third-order valence-electron chi connectivity index (χ3n) is 5.45. The Hall–Kier alpha value is -3.83. The number of benzene rings is 3. The van der Waals surface area contributed by atoms with Crippen LogP contribution in [0.3, 0.4) is 0 Å². The number of fused-ring (bicyclic) bond motifs is 1. The summed E-state index contributed by atoms with van der Waals surface area (Å²) >= 11 is 0. The molecule has 0 aliphatic carbocycles. The van der Waals surface area contributed by atoms with Crippen molar-refractivity contribution in [2.75, 3.05) is 6.61 Å². The van der Waals surface area contributed by atoms with Gasteiger partial charge in [-0.3, -0.25) is 15.1 Å². The fourth-order valence-corrected chi connectivity index (χ4v) is 3.83. The van der Waals surface area contributed by atoms with Gasteiger partial charge in [0.05, 0.1) is 18.7 Å². The van der Waals surface area contributed by atoms with Gasteiger partial charge in [0.15, 0.2) is 0 Å². The summed E-state index contributed by atoms with van der Waals surface area (Å²) in [6, 6.07) is 26.4. The Morgan fingerprint density at radius 1 is 0.969 bits per heavy atom. The molecule has 0 atom stereocenters. The van der Waals surface area contributed by atoms with E-state index >= 15 is 0 Å². The first kappa shape index (κ1) is 21.4. The van der Waals surface area contributed by atoms with Crippen LogP contribution in [0.5, 0.6) is 0 Å². The molecule has 0 aliphatic rings. The summed E-state index contributed by atoms with van der Waals surface area (Å²) in [6.45, 7) is 3.09. The van der Waals surface area contributed by atoms with Gasteiger partial charge < -0.3 is 9.67 Å². The second-order valence-corrected chi connectivity index (χ2v) is 7.53. The molecule has 1 aromatic heterocycles. The molecular weight excluding hydrogens is 400 g/mol. The number of hydrogen-bond donors (Lipinski definition) is 2. The molecule has 2 N–H and O–H groups in total. The number of carboxylic acids is 1. The van der Waals surface area contributed by atoms with Crippen LogP contribution in [0.2, 0.25) is 0 Å². The van der Waals surface area contributed by atoms with Crippen molar-refractivity contribution >= 4 is 22.6 Å². The van der Waals surface area contributed by atoms with Crippen molar-refractivity contribution in [2.45, 2.75) is 19.9 Å². The molecule has 4 aromatic rings. The van der Waals surface area contributed by atoms with Gasteiger partial charge in [0, 0.05) is 23.6 Å². The lowest BCUT2D eigenvalue weighted by atomic mass is 10.0. The number of carboxylic acid groups (broad SMARTS) is 1. The number of aliphatic carboxylic acids is 1. The van der Waals surface area contributed by atoms with Gasteiger partial charge in [0.1, 0.15) is 0 Å². The largest absolute Gasteiger partial charge is 0.481 e. The molecule has 162 valence electrons. The lowest BCUT2D eigenvalue weighted by molar-refractivity contribution is -0.136. The standard InChI is InChI=1S/C27H26N2O3/c1-2-25(22-13-11-21(12-14-22)20-7-4-3-5-8-20)28-32-18-17-29-16-15-24-23(19-27(30)31)9-6-10-26(24)29/h2-16,28H,17-19H2,1H3,(H,30,31). The molecule has 3 aromatic carbocycles. The Balaban J connectivity index is 1.35. The van der Waals surface area contributed by atoms with Crippen LogP contribution < -0.4 is 5.48 Å². The molecule has 0 spiro atoms. The first-order valence-corrected chi connectivity index (χ1v) is 10.6. The third kappa shape index (κ3) is 4.90. The van der Waals surface area contributed by atoms with E-state index in [9.17, 15) is 4.79 Å². The first-order chi connectivity index (χ1) is 15.7. The zero-order chi connectivity index (χ0) is 22.3. The van der Waals surface area contributed by atoms with Crippen molar-refractivity contribution in [3.05, 3.63) is 102 Å². The quantitative estimate of drug-likeness (QED) is 0.273. The van der Waals surface area contributed by atoms with Gasteiger partial charge in [-0.1, -0.05) is 72.8 Å². The number of rotatable bonds is 9. The summed E-state index contributed by atoms with van der Waals surface area (Å²) in [7, 11) is 0. The van der Waals surface area contributed by atoms with E-state index in [1.165, 1.54) is 11.1 Å². The highest BCUT2D eigenvalue weighted by Gasteiger charge is 2.09. The molecule has 1 heterocycles. The maximum atomic E-state index is 11.1. The molecule has 4 rings (SSSR count). The second-order valence-electron chi connectivity index (χ2n) is 7.53. The van der Waals surface area contributed by atoms with E-state index in [1.807, 2.05) is 61.7 Å². The maximum absolute atomic E-state index is 11.1. The summed E-state index contributed by atoms with van der Waals surface area (Å²) in [5, 5.41) is 10.1. The minimum absolute atomic E-state index is 0.0210. The van der Waals surface area contributed by atoms with E-state index in [4.69, 9.17) is 9.94 Å². The third-order valence-corrected chi connectivity index (χ3v) is 5.45. The predicted octanol–water partition coefficient (Wildman–Crippen LogP) is 5.52. The van der Waals surface area contributed by atoms with Crippen LogP contribution in [-0.2, 0) is 22.6 Å². The van der Waals surface area contributed by atoms with Crippen LogP contribution in [0.1, 0.15) is 18.1 Å². The summed E-state index contributed by atoms with van der Waals surface area (Å²) < 4.78 is 2.08. The fourth-order valence-electron chi connectivity index (χ4n) is 3.83. The van der Waals surface area contributed by atoms with Crippen LogP contribution in [0.25, 0.3) is 27.7 Å². The molecule has 0 amide bonds. The topological polar surface area (TPSA) is 63.5 Å². The number of nitrogens with zero attached hydrogens (tertiary/aromatic N) is 1. The fraction of sp³-hybridized carbons (Fsp3) is 0.148. The molecule has 0 bridgehead atoms. The van der Waals surface area contributed by atoms with E-state index in [0.29, 0.717) is 13.2 Å². The maximum Gasteiger partial charge on any atom is 0.307 e. The SMILES string of the molecule is CC=C(NOCCn1ccc2c(CC(=O)O)cccc21)c1ccc(-c2ccccc2)cc1. The molecule has 0 saturated carbocycles. The minimum Gasteiger partial charge on any atom is -0.481 e. The van der Waals surface area contributed by atoms with Crippen molar-refractivity contribution in [2.24, 2.45) is 0 Å². The Bertz CT molecular complexity index is 1220. The van der Waals surface area contributed by atoms with Crippen LogP contribution in [-0.4, -0.2) is 22.2 Å². The Morgan fingerprint density at radius 2 is 1.72 bits per heavy atom. The van der Waals surface area contributed by atoms with Gasteiger partial charge in [-0.25, -0.2) is 0 Å². The van der Waals surface area contributed by atoms with Crippen molar-refractivity contribution in [3.8, 4) is 11.1 Å². The number of hydrogen-bond acceptors (Lipinski definition) is 3. The van der Waals surface area contributed by atoms with Gasteiger partial charge in [-0.05, 0) is 41.3 Å². The normalized spacial score (nSPS) is 11.6. The highest BCUT2D eigenvalue weighted by molar-refractivity contribution is 5.87. The van der Waals surface area contributed by atoms with Gasteiger partial charge in [-0.15, -0.1) is 0 Å². The van der Waals surface area contributed by atoms with Crippen molar-refractivity contribution in [3.63, 3.8) is 0 Å². The number of carbonyl (C=O) groups is 1. The molecule has 32 heavy (non-hydrogen) atoms. The van der Waals surface area contributed by atoms with E-state index < -0.39 is 5.97 Å². The molecular formula is C27H26N2O3. The average Bonchev–Trinajstić information content (AvgIpc) is 3.24. The first-order valence-electron chi connectivity index (χ1n) is 10.6. The number of nitrogens with one attached hydrogen (secondary N) is 1. The lowest BCUT2D eigenvalue weighted by Crippen LogP contribution is -2.16. The number of hydroxylamine groups is 1.